The molecule has 0 aromatic heterocycles. The number of hydrogen-bond donors (Lipinski definition) is 2. The van der Waals surface area contributed by atoms with Crippen molar-refractivity contribution in [2.24, 2.45) is 0 Å². The van der Waals surface area contributed by atoms with E-state index in [2.05, 4.69) is 10.6 Å². The number of hydrogen-bond acceptors (Lipinski definition) is 4. The smallest absolute Gasteiger partial charge is 0.178 e. The van der Waals surface area contributed by atoms with Gasteiger partial charge in [0.15, 0.2) is 14.9 Å². The van der Waals surface area contributed by atoms with Crippen LogP contribution >= 0.6 is 12.2 Å². The van der Waals surface area contributed by atoms with Gasteiger partial charge in [-0.05, 0) is 62.3 Å². The van der Waals surface area contributed by atoms with Crippen LogP contribution in [0.1, 0.15) is 17.5 Å². The lowest BCUT2D eigenvalue weighted by Gasteiger charge is -2.14. The first-order valence-electron chi connectivity index (χ1n) is 8.31. The van der Waals surface area contributed by atoms with Crippen LogP contribution in [0.2, 0.25) is 0 Å². The first kappa shape index (κ1) is 20.2. The van der Waals surface area contributed by atoms with Crippen molar-refractivity contribution in [1.29, 1.82) is 0 Å². The standard InChI is InChI=1S/C19H24N2O3S2/c1-14-5-8-16(9-6-14)26(22,23)12-4-11-20-19(25)21-17-13-15(2)7-10-18(17)24-3/h5-10,13H,4,11-12H2,1-3H3,(H2,20,21,25). The number of anilines is 1. The molecule has 0 bridgehead atoms. The first-order chi connectivity index (χ1) is 12.3. The Morgan fingerprint density at radius 3 is 2.38 bits per heavy atom. The highest BCUT2D eigenvalue weighted by atomic mass is 32.2. The molecule has 7 heteroatoms. The van der Waals surface area contributed by atoms with E-state index in [4.69, 9.17) is 17.0 Å². The fourth-order valence-corrected chi connectivity index (χ4v) is 3.94. The van der Waals surface area contributed by atoms with Gasteiger partial charge in [0, 0.05) is 6.54 Å². The van der Waals surface area contributed by atoms with E-state index in [1.54, 1.807) is 31.4 Å². The molecule has 0 aliphatic rings. The Morgan fingerprint density at radius 1 is 1.08 bits per heavy atom. The maximum atomic E-state index is 12.3. The summed E-state index contributed by atoms with van der Waals surface area (Å²) >= 11 is 5.27. The normalized spacial score (nSPS) is 11.0. The molecule has 140 valence electrons. The summed E-state index contributed by atoms with van der Waals surface area (Å²) in [5, 5.41) is 6.55. The molecule has 0 amide bonds. The van der Waals surface area contributed by atoms with Gasteiger partial charge in [0.05, 0.1) is 23.4 Å². The highest BCUT2D eigenvalue weighted by Crippen LogP contribution is 2.25. The van der Waals surface area contributed by atoms with Crippen molar-refractivity contribution in [2.75, 3.05) is 24.7 Å². The van der Waals surface area contributed by atoms with Gasteiger partial charge in [-0.15, -0.1) is 0 Å². The number of rotatable bonds is 7. The second-order valence-corrected chi connectivity index (χ2v) is 8.59. The number of methoxy groups -OCH3 is 1. The highest BCUT2D eigenvalue weighted by Gasteiger charge is 2.13. The summed E-state index contributed by atoms with van der Waals surface area (Å²) in [7, 11) is -1.67. The van der Waals surface area contributed by atoms with Gasteiger partial charge < -0.3 is 15.4 Å². The molecule has 2 aromatic rings. The minimum absolute atomic E-state index is 0.0689. The van der Waals surface area contributed by atoms with Crippen LogP contribution in [0.25, 0.3) is 0 Å². The van der Waals surface area contributed by atoms with Gasteiger partial charge in [0.2, 0.25) is 0 Å². The van der Waals surface area contributed by atoms with Crippen LogP contribution in [0.4, 0.5) is 5.69 Å². The van der Waals surface area contributed by atoms with E-state index < -0.39 is 9.84 Å². The number of nitrogens with one attached hydrogen (secondary N) is 2. The minimum Gasteiger partial charge on any atom is -0.495 e. The Balaban J connectivity index is 1.83. The predicted molar refractivity (Wildman–Crippen MR) is 110 cm³/mol. The highest BCUT2D eigenvalue weighted by molar-refractivity contribution is 7.91. The average molecular weight is 393 g/mol. The molecule has 0 unspecified atom stereocenters. The SMILES string of the molecule is COc1ccc(C)cc1NC(=S)NCCCS(=O)(=O)c1ccc(C)cc1. The van der Waals surface area contributed by atoms with Crippen molar-refractivity contribution in [3.63, 3.8) is 0 Å². The van der Waals surface area contributed by atoms with Gasteiger partial charge in [0.25, 0.3) is 0 Å². The van der Waals surface area contributed by atoms with E-state index in [0.29, 0.717) is 28.7 Å². The van der Waals surface area contributed by atoms with E-state index >= 15 is 0 Å². The zero-order chi connectivity index (χ0) is 19.2. The Morgan fingerprint density at radius 2 is 1.73 bits per heavy atom. The largest absolute Gasteiger partial charge is 0.495 e. The van der Waals surface area contributed by atoms with Crippen molar-refractivity contribution in [3.05, 3.63) is 53.6 Å². The molecule has 0 radical (unpaired) electrons. The Labute approximate surface area is 160 Å². The van der Waals surface area contributed by atoms with Crippen molar-refractivity contribution < 1.29 is 13.2 Å². The summed E-state index contributed by atoms with van der Waals surface area (Å²) < 4.78 is 29.9. The van der Waals surface area contributed by atoms with Crippen molar-refractivity contribution >= 4 is 32.9 Å². The Kier molecular flexibility index (Phi) is 6.99. The number of thiocarbonyl (C=S) groups is 1. The molecule has 0 aliphatic heterocycles. The molecule has 0 saturated carbocycles. The number of benzene rings is 2. The van der Waals surface area contributed by atoms with Gasteiger partial charge in [-0.25, -0.2) is 8.42 Å². The minimum atomic E-state index is -3.27. The average Bonchev–Trinajstić information content (AvgIpc) is 2.59. The lowest BCUT2D eigenvalue weighted by molar-refractivity contribution is 0.417. The number of ether oxygens (including phenoxy) is 1. The second kappa shape index (κ2) is 9.00. The third-order valence-electron chi connectivity index (χ3n) is 3.86. The fourth-order valence-electron chi connectivity index (χ4n) is 2.41. The molecule has 2 rings (SSSR count). The van der Waals surface area contributed by atoms with Gasteiger partial charge in [-0.1, -0.05) is 23.8 Å². The van der Waals surface area contributed by atoms with Crippen molar-refractivity contribution in [2.45, 2.75) is 25.2 Å². The van der Waals surface area contributed by atoms with Crippen LogP contribution in [0.3, 0.4) is 0 Å². The number of sulfone groups is 1. The molecular weight excluding hydrogens is 368 g/mol. The van der Waals surface area contributed by atoms with Crippen LogP contribution in [-0.2, 0) is 9.84 Å². The zero-order valence-corrected chi connectivity index (χ0v) is 16.8. The van der Waals surface area contributed by atoms with Crippen LogP contribution < -0.4 is 15.4 Å². The van der Waals surface area contributed by atoms with Crippen LogP contribution in [-0.4, -0.2) is 32.9 Å². The molecule has 26 heavy (non-hydrogen) atoms. The van der Waals surface area contributed by atoms with Gasteiger partial charge in [-0.2, -0.15) is 0 Å². The molecule has 2 aromatic carbocycles. The third kappa shape index (κ3) is 5.71. The van der Waals surface area contributed by atoms with Gasteiger partial charge >= 0.3 is 0 Å². The van der Waals surface area contributed by atoms with Gasteiger partial charge in [-0.3, -0.25) is 0 Å². The summed E-state index contributed by atoms with van der Waals surface area (Å²) in [6, 6.07) is 12.7. The van der Waals surface area contributed by atoms with Crippen molar-refractivity contribution in [3.8, 4) is 5.75 Å². The molecule has 0 aliphatic carbocycles. The second-order valence-electron chi connectivity index (χ2n) is 6.07. The summed E-state index contributed by atoms with van der Waals surface area (Å²) in [6.07, 6.45) is 0.461. The summed E-state index contributed by atoms with van der Waals surface area (Å²) in [6.45, 7) is 4.37. The summed E-state index contributed by atoms with van der Waals surface area (Å²) in [5.74, 6) is 0.765. The zero-order valence-electron chi connectivity index (χ0n) is 15.2. The molecule has 0 fully saturated rings. The van der Waals surface area contributed by atoms with Gasteiger partial charge in [0.1, 0.15) is 5.75 Å². The van der Waals surface area contributed by atoms with Crippen LogP contribution in [0.5, 0.6) is 5.75 Å². The fraction of sp³-hybridized carbons (Fsp3) is 0.316. The Hall–Kier alpha value is -2.12. The van der Waals surface area contributed by atoms with E-state index in [1.165, 1.54) is 0 Å². The molecule has 2 N–H and O–H groups in total. The maximum absolute atomic E-state index is 12.3. The summed E-state index contributed by atoms with van der Waals surface area (Å²) in [4.78, 5) is 0.355. The Bertz CT molecular complexity index is 863. The van der Waals surface area contributed by atoms with Crippen LogP contribution in [0, 0.1) is 13.8 Å². The van der Waals surface area contributed by atoms with E-state index in [0.717, 1.165) is 16.8 Å². The summed E-state index contributed by atoms with van der Waals surface area (Å²) in [5.41, 5.74) is 2.89. The maximum Gasteiger partial charge on any atom is 0.178 e. The monoisotopic (exact) mass is 392 g/mol. The quantitative estimate of drug-likeness (QED) is 0.556. The van der Waals surface area contributed by atoms with Crippen LogP contribution in [0.15, 0.2) is 47.4 Å². The predicted octanol–water partition coefficient (Wildman–Crippen LogP) is 3.46. The molecule has 0 spiro atoms. The van der Waals surface area contributed by atoms with E-state index in [1.807, 2.05) is 32.0 Å². The third-order valence-corrected chi connectivity index (χ3v) is 5.92. The lowest BCUT2D eigenvalue weighted by Crippen LogP contribution is -2.30. The molecule has 0 atom stereocenters. The van der Waals surface area contributed by atoms with E-state index in [9.17, 15) is 8.42 Å². The molecule has 0 saturated heterocycles. The molecular formula is C19H24N2O3S2. The lowest BCUT2D eigenvalue weighted by atomic mass is 10.2. The van der Waals surface area contributed by atoms with Crippen molar-refractivity contribution in [1.82, 2.24) is 5.32 Å². The van der Waals surface area contributed by atoms with E-state index in [-0.39, 0.29) is 5.75 Å². The topological polar surface area (TPSA) is 67.4 Å². The number of aryl methyl sites for hydroxylation is 2. The first-order valence-corrected chi connectivity index (χ1v) is 10.4. The molecule has 0 heterocycles. The molecule has 5 nitrogen and oxygen atoms in total.